The van der Waals surface area contributed by atoms with Crippen LogP contribution in [0.4, 0.5) is 0 Å². The molecule has 0 atom stereocenters. The first kappa shape index (κ1) is 38.5. The van der Waals surface area contributed by atoms with Gasteiger partial charge in [0.25, 0.3) is 0 Å². The largest absolute Gasteiger partial charge is 0.208 e. The molecule has 0 radical (unpaired) electrons. The maximum atomic E-state index is 5.50. The van der Waals surface area contributed by atoms with E-state index in [1.54, 1.807) is 0 Å². The van der Waals surface area contributed by atoms with Crippen LogP contribution in [0.1, 0.15) is 69.1 Å². The summed E-state index contributed by atoms with van der Waals surface area (Å²) in [7, 11) is 0. The van der Waals surface area contributed by atoms with Gasteiger partial charge >= 0.3 is 0 Å². The van der Waals surface area contributed by atoms with E-state index in [0.29, 0.717) is 22.9 Å². The van der Waals surface area contributed by atoms with E-state index < -0.39 is 0 Å². The summed E-state index contributed by atoms with van der Waals surface area (Å²) in [6.07, 6.45) is 8.39. The van der Waals surface area contributed by atoms with Crippen LogP contribution < -0.4 is 0 Å². The Balaban J connectivity index is 0.978. The molecule has 0 amide bonds. The van der Waals surface area contributed by atoms with Crippen molar-refractivity contribution >= 4 is 10.8 Å². The van der Waals surface area contributed by atoms with Gasteiger partial charge in [0.2, 0.25) is 0 Å². The zero-order valence-electron chi connectivity index (χ0n) is 37.1. The second kappa shape index (κ2) is 14.8. The molecular formula is C62H51N3. The SMILES string of the molecule is CC1(C)c2ccc(-c3ccccc3)cc2-c2cc(-c3ccccc3)cc(-c3nc(-c4ccc(-c5ccc6ccccc6c5)cc4)nc(-c4ccc(C56CC7CC(CC(C7)C5)C6)cc4)n3)c21. The van der Waals surface area contributed by atoms with Gasteiger partial charge in [-0.3, -0.25) is 0 Å². The zero-order chi connectivity index (χ0) is 43.3. The van der Waals surface area contributed by atoms with Gasteiger partial charge in [-0.25, -0.2) is 15.0 Å². The van der Waals surface area contributed by atoms with E-state index >= 15 is 0 Å². The second-order valence-electron chi connectivity index (χ2n) is 20.3. The van der Waals surface area contributed by atoms with Crippen molar-refractivity contribution in [2.75, 3.05) is 0 Å². The van der Waals surface area contributed by atoms with E-state index in [1.165, 1.54) is 99.4 Å². The monoisotopic (exact) mass is 837 g/mol. The first-order valence-corrected chi connectivity index (χ1v) is 23.7. The molecule has 0 aliphatic heterocycles. The lowest BCUT2D eigenvalue weighted by Gasteiger charge is -2.57. The van der Waals surface area contributed by atoms with Crippen LogP contribution in [-0.4, -0.2) is 15.0 Å². The molecule has 5 aliphatic carbocycles. The Morgan fingerprint density at radius 1 is 0.369 bits per heavy atom. The Morgan fingerprint density at radius 3 is 1.48 bits per heavy atom. The summed E-state index contributed by atoms with van der Waals surface area (Å²) in [6.45, 7) is 4.73. The molecule has 9 aromatic rings. The maximum absolute atomic E-state index is 5.50. The molecule has 0 unspecified atom stereocenters. The summed E-state index contributed by atoms with van der Waals surface area (Å²) in [6, 6.07) is 66.7. The summed E-state index contributed by atoms with van der Waals surface area (Å²) in [4.78, 5) is 16.3. The number of nitrogens with zero attached hydrogens (tertiary/aromatic N) is 3. The molecule has 1 aromatic heterocycles. The van der Waals surface area contributed by atoms with Gasteiger partial charge in [-0.2, -0.15) is 0 Å². The molecule has 4 saturated carbocycles. The van der Waals surface area contributed by atoms with Crippen molar-refractivity contribution in [3.8, 4) is 78.7 Å². The summed E-state index contributed by atoms with van der Waals surface area (Å²) in [5.41, 5.74) is 16.8. The highest BCUT2D eigenvalue weighted by Gasteiger charge is 2.51. The van der Waals surface area contributed by atoms with Gasteiger partial charge in [0.05, 0.1) is 0 Å². The van der Waals surface area contributed by atoms with E-state index in [9.17, 15) is 0 Å². The molecule has 0 spiro atoms. The van der Waals surface area contributed by atoms with Crippen LogP contribution in [0.5, 0.6) is 0 Å². The number of aromatic nitrogens is 3. The van der Waals surface area contributed by atoms with Crippen molar-refractivity contribution in [2.45, 2.75) is 63.2 Å². The van der Waals surface area contributed by atoms with Gasteiger partial charge in [0, 0.05) is 22.1 Å². The fourth-order valence-electron chi connectivity index (χ4n) is 13.1. The highest BCUT2D eigenvalue weighted by molar-refractivity contribution is 5.93. The normalized spacial score (nSPS) is 21.0. The number of fused-ring (bicyclic) bond motifs is 4. The molecule has 3 heteroatoms. The first-order chi connectivity index (χ1) is 31.8. The maximum Gasteiger partial charge on any atom is 0.164 e. The van der Waals surface area contributed by atoms with Crippen LogP contribution in [0, 0.1) is 17.8 Å². The van der Waals surface area contributed by atoms with Crippen LogP contribution in [0.25, 0.3) is 89.4 Å². The molecule has 4 fully saturated rings. The van der Waals surface area contributed by atoms with Crippen molar-refractivity contribution in [1.29, 1.82) is 0 Å². The molecule has 314 valence electrons. The lowest BCUT2D eigenvalue weighted by molar-refractivity contribution is -0.00518. The summed E-state index contributed by atoms with van der Waals surface area (Å²) in [5.74, 6) is 4.78. The molecule has 14 rings (SSSR count). The van der Waals surface area contributed by atoms with Crippen molar-refractivity contribution in [3.63, 3.8) is 0 Å². The number of benzene rings is 8. The highest BCUT2D eigenvalue weighted by atomic mass is 15.0. The van der Waals surface area contributed by atoms with E-state index in [0.717, 1.165) is 45.6 Å². The lowest BCUT2D eigenvalue weighted by atomic mass is 9.48. The topological polar surface area (TPSA) is 38.7 Å². The highest BCUT2D eigenvalue weighted by Crippen LogP contribution is 2.61. The Labute approximate surface area is 382 Å². The second-order valence-corrected chi connectivity index (χ2v) is 20.3. The van der Waals surface area contributed by atoms with Crippen molar-refractivity contribution < 1.29 is 0 Å². The fourth-order valence-corrected chi connectivity index (χ4v) is 13.1. The molecule has 1 heterocycles. The van der Waals surface area contributed by atoms with Gasteiger partial charge in [-0.15, -0.1) is 0 Å². The third-order valence-electron chi connectivity index (χ3n) is 15.9. The smallest absolute Gasteiger partial charge is 0.164 e. The van der Waals surface area contributed by atoms with E-state index in [1.807, 2.05) is 0 Å². The minimum atomic E-state index is -0.307. The Kier molecular flexibility index (Phi) is 8.76. The predicted octanol–water partition coefficient (Wildman–Crippen LogP) is 15.8. The molecule has 0 saturated heterocycles. The van der Waals surface area contributed by atoms with Gasteiger partial charge in [0.15, 0.2) is 17.5 Å². The number of rotatable bonds is 7. The molecule has 8 aromatic carbocycles. The summed E-state index contributed by atoms with van der Waals surface area (Å²) in [5, 5.41) is 2.48. The molecule has 65 heavy (non-hydrogen) atoms. The minimum Gasteiger partial charge on any atom is -0.208 e. The van der Waals surface area contributed by atoms with Gasteiger partial charge < -0.3 is 0 Å². The van der Waals surface area contributed by atoms with Gasteiger partial charge in [0.1, 0.15) is 0 Å². The fraction of sp³-hybridized carbons (Fsp3) is 0.210. The zero-order valence-corrected chi connectivity index (χ0v) is 37.1. The van der Waals surface area contributed by atoms with Crippen LogP contribution >= 0.6 is 0 Å². The molecule has 4 bridgehead atoms. The average molecular weight is 838 g/mol. The van der Waals surface area contributed by atoms with Crippen molar-refractivity contribution in [1.82, 2.24) is 15.0 Å². The van der Waals surface area contributed by atoms with Crippen molar-refractivity contribution in [2.24, 2.45) is 17.8 Å². The summed E-state index contributed by atoms with van der Waals surface area (Å²) >= 11 is 0. The lowest BCUT2D eigenvalue weighted by Crippen LogP contribution is -2.48. The number of hydrogen-bond acceptors (Lipinski definition) is 3. The Morgan fingerprint density at radius 2 is 0.831 bits per heavy atom. The van der Waals surface area contributed by atoms with Gasteiger partial charge in [-0.1, -0.05) is 172 Å². The minimum absolute atomic E-state index is 0.307. The average Bonchev–Trinajstić information content (AvgIpc) is 3.58. The molecule has 5 aliphatic rings. The Bertz CT molecular complexity index is 3260. The van der Waals surface area contributed by atoms with Crippen molar-refractivity contribution in [3.05, 3.63) is 199 Å². The molecule has 0 N–H and O–H groups in total. The van der Waals surface area contributed by atoms with Crippen LogP contribution in [0.15, 0.2) is 182 Å². The predicted molar refractivity (Wildman–Crippen MR) is 267 cm³/mol. The third kappa shape index (κ3) is 6.50. The standard InChI is InChI=1S/C62H51N3/c1-61(2)56-28-25-50(42-11-5-3-6-12-42)33-53(56)54-34-51(43-13-7-4-8-14-43)35-55(57(54)61)60-64-58(46-20-17-45(18-21-46)49-22-19-44-15-9-10-16-48(44)32-49)63-59(65-60)47-23-26-52(27-24-47)62-36-39-29-40(37-62)31-41(30-39)38-62/h3-28,32-35,39-41H,29-31,36-38H2,1-2H3. The van der Waals surface area contributed by atoms with E-state index in [2.05, 4.69) is 196 Å². The summed E-state index contributed by atoms with van der Waals surface area (Å²) < 4.78 is 0. The quantitative estimate of drug-likeness (QED) is 0.160. The van der Waals surface area contributed by atoms with Crippen LogP contribution in [0.2, 0.25) is 0 Å². The molecular weight excluding hydrogens is 787 g/mol. The molecule has 3 nitrogen and oxygen atoms in total. The van der Waals surface area contributed by atoms with Crippen LogP contribution in [0.3, 0.4) is 0 Å². The van der Waals surface area contributed by atoms with E-state index in [-0.39, 0.29) is 5.41 Å². The number of hydrogen-bond donors (Lipinski definition) is 0. The Hall–Kier alpha value is -6.97. The third-order valence-corrected chi connectivity index (χ3v) is 15.9. The van der Waals surface area contributed by atoms with Crippen LogP contribution in [-0.2, 0) is 10.8 Å². The van der Waals surface area contributed by atoms with Gasteiger partial charge in [-0.05, 0) is 158 Å². The van der Waals surface area contributed by atoms with E-state index in [4.69, 9.17) is 15.0 Å². The first-order valence-electron chi connectivity index (χ1n) is 23.7.